The molecule has 0 atom stereocenters. The molecular weight excluding hydrogens is 442 g/mol. The third-order valence-electron chi connectivity index (χ3n) is 4.06. The molecule has 28 heavy (non-hydrogen) atoms. The predicted octanol–water partition coefficient (Wildman–Crippen LogP) is 5.15. The zero-order valence-corrected chi connectivity index (χ0v) is 17.9. The van der Waals surface area contributed by atoms with Gasteiger partial charge < -0.3 is 14.2 Å². The molecule has 3 aromatic rings. The van der Waals surface area contributed by atoms with E-state index in [9.17, 15) is 8.42 Å². The largest absolute Gasteiger partial charge is 0.493 e. The molecule has 3 aromatic carbocycles. The van der Waals surface area contributed by atoms with Crippen molar-refractivity contribution in [2.75, 3.05) is 12.4 Å². The molecular formula is C21H20BrNO4S. The van der Waals surface area contributed by atoms with Crippen molar-refractivity contribution >= 4 is 31.7 Å². The normalized spacial score (nSPS) is 11.1. The molecule has 1 N–H and O–H groups in total. The van der Waals surface area contributed by atoms with Gasteiger partial charge in [0.05, 0.1) is 11.6 Å². The van der Waals surface area contributed by atoms with E-state index in [0.29, 0.717) is 16.8 Å². The van der Waals surface area contributed by atoms with Gasteiger partial charge >= 0.3 is 10.1 Å². The number of halogens is 1. The van der Waals surface area contributed by atoms with Gasteiger partial charge in [0, 0.05) is 12.2 Å². The van der Waals surface area contributed by atoms with E-state index in [1.807, 2.05) is 37.3 Å². The second-order valence-electron chi connectivity index (χ2n) is 6.18. The summed E-state index contributed by atoms with van der Waals surface area (Å²) in [7, 11) is -2.51. The van der Waals surface area contributed by atoms with E-state index in [1.165, 1.54) is 19.2 Å². The lowest BCUT2D eigenvalue weighted by Gasteiger charge is -2.15. The van der Waals surface area contributed by atoms with Crippen molar-refractivity contribution in [2.24, 2.45) is 0 Å². The molecule has 0 aliphatic carbocycles. The summed E-state index contributed by atoms with van der Waals surface area (Å²) in [5.41, 5.74) is 2.86. The highest BCUT2D eigenvalue weighted by Crippen LogP contribution is 2.38. The van der Waals surface area contributed by atoms with Gasteiger partial charge in [-0.3, -0.25) is 0 Å². The number of nitrogens with one attached hydrogen (secondary N) is 1. The molecule has 0 saturated carbocycles. The number of hydrogen-bond donors (Lipinski definition) is 1. The number of rotatable bonds is 7. The zero-order valence-electron chi connectivity index (χ0n) is 15.5. The fourth-order valence-corrected chi connectivity index (χ4v) is 4.21. The third-order valence-corrected chi connectivity index (χ3v) is 5.89. The van der Waals surface area contributed by atoms with Gasteiger partial charge in [0.25, 0.3) is 0 Å². The summed E-state index contributed by atoms with van der Waals surface area (Å²) in [6, 6.07) is 19.8. The SMILES string of the molecule is COc1cc(CNc2ccccc2)cc(Br)c1OS(=O)(=O)c1ccc(C)cc1. The van der Waals surface area contributed by atoms with E-state index in [0.717, 1.165) is 16.8 Å². The maximum absolute atomic E-state index is 12.6. The first-order chi connectivity index (χ1) is 13.4. The van der Waals surface area contributed by atoms with E-state index < -0.39 is 10.1 Å². The van der Waals surface area contributed by atoms with Crippen LogP contribution in [-0.4, -0.2) is 15.5 Å². The smallest absolute Gasteiger partial charge is 0.339 e. The Morgan fingerprint density at radius 3 is 2.32 bits per heavy atom. The first-order valence-electron chi connectivity index (χ1n) is 8.55. The van der Waals surface area contributed by atoms with Crippen LogP contribution in [0.1, 0.15) is 11.1 Å². The summed E-state index contributed by atoms with van der Waals surface area (Å²) >= 11 is 3.40. The minimum Gasteiger partial charge on any atom is -0.493 e. The molecule has 0 fully saturated rings. The highest BCUT2D eigenvalue weighted by atomic mass is 79.9. The van der Waals surface area contributed by atoms with Crippen molar-refractivity contribution < 1.29 is 17.3 Å². The highest BCUT2D eigenvalue weighted by Gasteiger charge is 2.22. The van der Waals surface area contributed by atoms with Crippen LogP contribution in [-0.2, 0) is 16.7 Å². The van der Waals surface area contributed by atoms with E-state index in [2.05, 4.69) is 21.2 Å². The minimum absolute atomic E-state index is 0.0851. The molecule has 0 saturated heterocycles. The van der Waals surface area contributed by atoms with Crippen LogP contribution in [0.2, 0.25) is 0 Å². The monoisotopic (exact) mass is 461 g/mol. The fraction of sp³-hybridized carbons (Fsp3) is 0.143. The van der Waals surface area contributed by atoms with Crippen molar-refractivity contribution in [2.45, 2.75) is 18.4 Å². The van der Waals surface area contributed by atoms with Gasteiger partial charge in [0.1, 0.15) is 4.90 Å². The van der Waals surface area contributed by atoms with Crippen molar-refractivity contribution in [1.29, 1.82) is 0 Å². The van der Waals surface area contributed by atoms with E-state index >= 15 is 0 Å². The van der Waals surface area contributed by atoms with Gasteiger partial charge in [-0.2, -0.15) is 8.42 Å². The average Bonchev–Trinajstić information content (AvgIpc) is 2.69. The molecule has 5 nitrogen and oxygen atoms in total. The molecule has 0 aliphatic rings. The number of hydrogen-bond acceptors (Lipinski definition) is 5. The summed E-state index contributed by atoms with van der Waals surface area (Å²) in [6.07, 6.45) is 0. The van der Waals surface area contributed by atoms with Gasteiger partial charge in [-0.25, -0.2) is 0 Å². The Morgan fingerprint density at radius 2 is 1.68 bits per heavy atom. The molecule has 0 unspecified atom stereocenters. The second-order valence-corrected chi connectivity index (χ2v) is 8.58. The van der Waals surface area contributed by atoms with Crippen LogP contribution in [0.25, 0.3) is 0 Å². The van der Waals surface area contributed by atoms with Crippen LogP contribution in [0.5, 0.6) is 11.5 Å². The molecule has 0 spiro atoms. The Hall–Kier alpha value is -2.51. The topological polar surface area (TPSA) is 64.6 Å². The summed E-state index contributed by atoms with van der Waals surface area (Å²) in [5, 5.41) is 3.30. The van der Waals surface area contributed by atoms with Gasteiger partial charge in [-0.05, 0) is 64.8 Å². The van der Waals surface area contributed by atoms with Crippen LogP contribution < -0.4 is 14.2 Å². The van der Waals surface area contributed by atoms with Crippen LogP contribution >= 0.6 is 15.9 Å². The van der Waals surface area contributed by atoms with E-state index in [4.69, 9.17) is 8.92 Å². The number of para-hydroxylation sites is 1. The Kier molecular flexibility index (Phi) is 6.26. The maximum atomic E-state index is 12.6. The molecule has 0 bridgehead atoms. The average molecular weight is 462 g/mol. The highest BCUT2D eigenvalue weighted by molar-refractivity contribution is 9.10. The van der Waals surface area contributed by atoms with E-state index in [-0.39, 0.29) is 10.6 Å². The minimum atomic E-state index is -3.98. The van der Waals surface area contributed by atoms with Crippen molar-refractivity contribution in [3.05, 3.63) is 82.3 Å². The maximum Gasteiger partial charge on any atom is 0.339 e. The summed E-state index contributed by atoms with van der Waals surface area (Å²) in [4.78, 5) is 0.0851. The number of ether oxygens (including phenoxy) is 1. The van der Waals surface area contributed by atoms with Crippen LogP contribution in [0, 0.1) is 6.92 Å². The Balaban J connectivity index is 1.84. The van der Waals surface area contributed by atoms with Crippen molar-refractivity contribution in [3.63, 3.8) is 0 Å². The number of methoxy groups -OCH3 is 1. The van der Waals surface area contributed by atoms with Crippen LogP contribution in [0.4, 0.5) is 5.69 Å². The lowest BCUT2D eigenvalue weighted by Crippen LogP contribution is -2.11. The lowest BCUT2D eigenvalue weighted by molar-refractivity contribution is 0.389. The van der Waals surface area contributed by atoms with Crippen molar-refractivity contribution in [1.82, 2.24) is 0 Å². The summed E-state index contributed by atoms with van der Waals surface area (Å²) in [5.74, 6) is 0.446. The molecule has 7 heteroatoms. The molecule has 0 amide bonds. The van der Waals surface area contributed by atoms with Gasteiger partial charge in [0.2, 0.25) is 0 Å². The molecule has 0 aromatic heterocycles. The molecule has 0 heterocycles. The Bertz CT molecular complexity index is 1050. The quantitative estimate of drug-likeness (QED) is 0.493. The molecule has 0 radical (unpaired) electrons. The third kappa shape index (κ3) is 4.85. The number of anilines is 1. The summed E-state index contributed by atoms with van der Waals surface area (Å²) < 4.78 is 36.5. The van der Waals surface area contributed by atoms with E-state index in [1.54, 1.807) is 24.3 Å². The van der Waals surface area contributed by atoms with Crippen LogP contribution in [0.3, 0.4) is 0 Å². The predicted molar refractivity (Wildman–Crippen MR) is 113 cm³/mol. The zero-order chi connectivity index (χ0) is 20.1. The Labute approximate surface area is 173 Å². The lowest BCUT2D eigenvalue weighted by atomic mass is 10.2. The Morgan fingerprint density at radius 1 is 1.00 bits per heavy atom. The van der Waals surface area contributed by atoms with Gasteiger partial charge in [-0.1, -0.05) is 35.9 Å². The standard InChI is InChI=1S/C21H20BrNO4S/c1-15-8-10-18(11-9-15)28(24,25)27-21-19(22)12-16(13-20(21)26-2)14-23-17-6-4-3-5-7-17/h3-13,23H,14H2,1-2H3. The molecule has 0 aliphatic heterocycles. The molecule has 146 valence electrons. The van der Waals surface area contributed by atoms with Gasteiger partial charge in [-0.15, -0.1) is 0 Å². The number of benzene rings is 3. The van der Waals surface area contributed by atoms with Crippen molar-refractivity contribution in [3.8, 4) is 11.5 Å². The number of aryl methyl sites for hydroxylation is 1. The first kappa shape index (κ1) is 20.2. The second kappa shape index (κ2) is 8.67. The molecule has 3 rings (SSSR count). The van der Waals surface area contributed by atoms with Crippen LogP contribution in [0.15, 0.2) is 76.1 Å². The van der Waals surface area contributed by atoms with Gasteiger partial charge in [0.15, 0.2) is 11.5 Å². The fourth-order valence-electron chi connectivity index (χ4n) is 2.58. The first-order valence-corrected chi connectivity index (χ1v) is 10.8. The summed E-state index contributed by atoms with van der Waals surface area (Å²) in [6.45, 7) is 2.43.